The van der Waals surface area contributed by atoms with E-state index < -0.39 is 5.54 Å². The number of carbonyl (C=O) groups excluding carboxylic acids is 2. The molecule has 1 fully saturated rings. The summed E-state index contributed by atoms with van der Waals surface area (Å²) in [6.07, 6.45) is 2.61. The number of aromatic nitrogens is 1. The van der Waals surface area contributed by atoms with Crippen LogP contribution >= 0.6 is 11.3 Å². The average molecular weight is 338 g/mol. The van der Waals surface area contributed by atoms with Crippen LogP contribution in [-0.2, 0) is 10.3 Å². The Morgan fingerprint density at radius 3 is 2.70 bits per heavy atom. The van der Waals surface area contributed by atoms with Crippen molar-refractivity contribution in [3.05, 3.63) is 16.1 Å². The first-order valence-electron chi connectivity index (χ1n) is 7.99. The molecule has 1 atom stereocenters. The normalized spacial score (nSPS) is 18.3. The molecule has 1 aromatic heterocycles. The van der Waals surface area contributed by atoms with Gasteiger partial charge in [0.15, 0.2) is 0 Å². The fourth-order valence-corrected chi connectivity index (χ4v) is 3.47. The minimum Gasteiger partial charge on any atom is -0.340 e. The predicted molar refractivity (Wildman–Crippen MR) is 91.4 cm³/mol. The second-order valence-electron chi connectivity index (χ2n) is 6.92. The van der Waals surface area contributed by atoms with Crippen LogP contribution in [0, 0.1) is 12.8 Å². The molecule has 2 N–H and O–H groups in total. The SMILES string of the molecule is Cc1cnc(C(C)(C)NC(=O)N[C@H]2CCN(C(=O)C(C)C)C2)s1. The lowest BCUT2D eigenvalue weighted by Crippen LogP contribution is -2.50. The van der Waals surface area contributed by atoms with Gasteiger partial charge in [0.1, 0.15) is 5.01 Å². The maximum absolute atomic E-state index is 12.3. The van der Waals surface area contributed by atoms with E-state index in [2.05, 4.69) is 15.6 Å². The largest absolute Gasteiger partial charge is 0.340 e. The van der Waals surface area contributed by atoms with Gasteiger partial charge in [0, 0.05) is 36.1 Å². The molecule has 2 rings (SSSR count). The van der Waals surface area contributed by atoms with Crippen LogP contribution in [0.4, 0.5) is 4.79 Å². The lowest BCUT2D eigenvalue weighted by molar-refractivity contribution is -0.133. The van der Waals surface area contributed by atoms with Crippen molar-refractivity contribution < 1.29 is 9.59 Å². The molecular weight excluding hydrogens is 312 g/mol. The van der Waals surface area contributed by atoms with Gasteiger partial charge in [0.25, 0.3) is 0 Å². The molecule has 0 bridgehead atoms. The Morgan fingerprint density at radius 1 is 1.43 bits per heavy atom. The molecule has 6 nitrogen and oxygen atoms in total. The number of nitrogens with zero attached hydrogens (tertiary/aromatic N) is 2. The van der Waals surface area contributed by atoms with Crippen LogP contribution in [0.5, 0.6) is 0 Å². The molecule has 0 spiro atoms. The van der Waals surface area contributed by atoms with Crippen LogP contribution in [0.15, 0.2) is 6.20 Å². The van der Waals surface area contributed by atoms with E-state index in [4.69, 9.17) is 0 Å². The Balaban J connectivity index is 1.87. The van der Waals surface area contributed by atoms with E-state index in [1.54, 1.807) is 11.3 Å². The van der Waals surface area contributed by atoms with Crippen molar-refractivity contribution in [2.24, 2.45) is 5.92 Å². The first kappa shape index (κ1) is 17.7. The van der Waals surface area contributed by atoms with Gasteiger partial charge in [-0.3, -0.25) is 4.79 Å². The summed E-state index contributed by atoms with van der Waals surface area (Å²) in [5.41, 5.74) is -0.519. The molecule has 0 aromatic carbocycles. The van der Waals surface area contributed by atoms with Gasteiger partial charge in [-0.15, -0.1) is 11.3 Å². The van der Waals surface area contributed by atoms with Gasteiger partial charge in [-0.25, -0.2) is 9.78 Å². The maximum atomic E-state index is 12.3. The van der Waals surface area contributed by atoms with Gasteiger partial charge < -0.3 is 15.5 Å². The molecule has 0 radical (unpaired) electrons. The number of hydrogen-bond acceptors (Lipinski definition) is 4. The van der Waals surface area contributed by atoms with Crippen LogP contribution < -0.4 is 10.6 Å². The molecule has 1 aliphatic rings. The summed E-state index contributed by atoms with van der Waals surface area (Å²) in [5.74, 6) is 0.142. The summed E-state index contributed by atoms with van der Waals surface area (Å²) in [6.45, 7) is 11.0. The van der Waals surface area contributed by atoms with Crippen LogP contribution in [-0.4, -0.2) is 41.0 Å². The van der Waals surface area contributed by atoms with Crippen LogP contribution in [0.3, 0.4) is 0 Å². The smallest absolute Gasteiger partial charge is 0.315 e. The molecule has 0 saturated carbocycles. The topological polar surface area (TPSA) is 74.3 Å². The fraction of sp³-hybridized carbons (Fsp3) is 0.688. The number of amides is 3. The van der Waals surface area contributed by atoms with E-state index in [0.717, 1.165) is 16.3 Å². The third-order valence-electron chi connectivity index (χ3n) is 3.91. The third kappa shape index (κ3) is 4.43. The minimum absolute atomic E-state index is 0.00495. The highest BCUT2D eigenvalue weighted by Gasteiger charge is 2.31. The van der Waals surface area contributed by atoms with E-state index in [0.29, 0.717) is 13.1 Å². The van der Waals surface area contributed by atoms with Crippen molar-refractivity contribution in [3.8, 4) is 0 Å². The average Bonchev–Trinajstić information content (AvgIpc) is 3.06. The molecular formula is C16H26N4O2S. The van der Waals surface area contributed by atoms with Crippen molar-refractivity contribution >= 4 is 23.3 Å². The second kappa shape index (κ2) is 6.86. The van der Waals surface area contributed by atoms with E-state index in [9.17, 15) is 9.59 Å². The number of likely N-dealkylation sites (tertiary alicyclic amines) is 1. The summed E-state index contributed by atoms with van der Waals surface area (Å²) in [6, 6.07) is -0.210. The fourth-order valence-electron chi connectivity index (χ4n) is 2.65. The van der Waals surface area contributed by atoms with Gasteiger partial charge in [0.05, 0.1) is 5.54 Å². The molecule has 0 aliphatic carbocycles. The number of urea groups is 1. The first-order valence-corrected chi connectivity index (χ1v) is 8.81. The van der Waals surface area contributed by atoms with Crippen molar-refractivity contribution in [2.75, 3.05) is 13.1 Å². The molecule has 2 heterocycles. The monoisotopic (exact) mass is 338 g/mol. The number of hydrogen-bond donors (Lipinski definition) is 2. The number of nitrogens with one attached hydrogen (secondary N) is 2. The Labute approximate surface area is 141 Å². The zero-order valence-corrected chi connectivity index (χ0v) is 15.3. The molecule has 128 valence electrons. The molecule has 1 aromatic rings. The van der Waals surface area contributed by atoms with E-state index in [-0.39, 0.29) is 23.9 Å². The van der Waals surface area contributed by atoms with Crippen molar-refractivity contribution in [1.82, 2.24) is 20.5 Å². The quantitative estimate of drug-likeness (QED) is 0.884. The molecule has 1 saturated heterocycles. The third-order valence-corrected chi connectivity index (χ3v) is 5.15. The molecule has 7 heteroatoms. The zero-order chi connectivity index (χ0) is 17.2. The highest BCUT2D eigenvalue weighted by atomic mass is 32.1. The number of carbonyl (C=O) groups is 2. The van der Waals surface area contributed by atoms with Crippen molar-refractivity contribution in [1.29, 1.82) is 0 Å². The van der Waals surface area contributed by atoms with Gasteiger partial charge >= 0.3 is 6.03 Å². The standard InChI is InChI=1S/C16H26N4O2S/c1-10(2)13(21)20-7-6-12(9-20)18-15(22)19-16(4,5)14-17-8-11(3)23-14/h8,10,12H,6-7,9H2,1-5H3,(H2,18,19,22)/t12-/m0/s1. The number of aryl methyl sites for hydroxylation is 1. The van der Waals surface area contributed by atoms with E-state index in [1.807, 2.05) is 45.7 Å². The Morgan fingerprint density at radius 2 is 2.13 bits per heavy atom. The summed E-state index contributed by atoms with van der Waals surface area (Å²) in [4.78, 5) is 31.5. The lowest BCUT2D eigenvalue weighted by Gasteiger charge is -2.25. The summed E-state index contributed by atoms with van der Waals surface area (Å²) >= 11 is 1.58. The van der Waals surface area contributed by atoms with E-state index in [1.165, 1.54) is 0 Å². The van der Waals surface area contributed by atoms with Crippen LogP contribution in [0.2, 0.25) is 0 Å². The van der Waals surface area contributed by atoms with E-state index >= 15 is 0 Å². The van der Waals surface area contributed by atoms with Gasteiger partial charge in [-0.1, -0.05) is 13.8 Å². The number of thiazole rings is 1. The molecule has 3 amide bonds. The van der Waals surface area contributed by atoms with Crippen molar-refractivity contribution in [2.45, 2.75) is 52.6 Å². The number of rotatable bonds is 4. The molecule has 23 heavy (non-hydrogen) atoms. The highest BCUT2D eigenvalue weighted by molar-refractivity contribution is 7.11. The zero-order valence-electron chi connectivity index (χ0n) is 14.5. The highest BCUT2D eigenvalue weighted by Crippen LogP contribution is 2.24. The minimum atomic E-state index is -0.519. The first-order chi connectivity index (χ1) is 10.7. The van der Waals surface area contributed by atoms with Gasteiger partial charge in [0.2, 0.25) is 5.91 Å². The predicted octanol–water partition coefficient (Wildman–Crippen LogP) is 2.24. The van der Waals surface area contributed by atoms with Crippen molar-refractivity contribution in [3.63, 3.8) is 0 Å². The van der Waals surface area contributed by atoms with Gasteiger partial charge in [-0.05, 0) is 27.2 Å². The summed E-state index contributed by atoms with van der Waals surface area (Å²) in [7, 11) is 0. The van der Waals surface area contributed by atoms with Crippen LogP contribution in [0.25, 0.3) is 0 Å². The Kier molecular flexibility index (Phi) is 5.29. The molecule has 0 unspecified atom stereocenters. The Hall–Kier alpha value is -1.63. The lowest BCUT2D eigenvalue weighted by atomic mass is 10.1. The Bertz CT molecular complexity index is 582. The maximum Gasteiger partial charge on any atom is 0.315 e. The van der Waals surface area contributed by atoms with Crippen LogP contribution in [0.1, 0.15) is 44.0 Å². The summed E-state index contributed by atoms with van der Waals surface area (Å²) in [5, 5.41) is 6.82. The molecule has 1 aliphatic heterocycles. The second-order valence-corrected chi connectivity index (χ2v) is 8.16. The van der Waals surface area contributed by atoms with Gasteiger partial charge in [-0.2, -0.15) is 0 Å². The summed E-state index contributed by atoms with van der Waals surface area (Å²) < 4.78 is 0.